The SMILES string of the molecule is Cc1ccc(NC(=O)c2ccc(N3CCN(CC(C)C)CC3)cc2)cc1Nc1nccc(-c2cccnc2)n1. The molecule has 8 heteroatoms. The third-order valence-corrected chi connectivity index (χ3v) is 6.85. The summed E-state index contributed by atoms with van der Waals surface area (Å²) >= 11 is 0. The number of benzene rings is 2. The maximum absolute atomic E-state index is 13.0. The molecule has 0 unspecified atom stereocenters. The van der Waals surface area contributed by atoms with E-state index in [1.165, 1.54) is 0 Å². The Kier molecular flexibility index (Phi) is 8.13. The fourth-order valence-corrected chi connectivity index (χ4v) is 4.78. The molecule has 0 spiro atoms. The van der Waals surface area contributed by atoms with E-state index in [0.29, 0.717) is 23.1 Å². The summed E-state index contributed by atoms with van der Waals surface area (Å²) in [6.07, 6.45) is 5.22. The van der Waals surface area contributed by atoms with E-state index in [1.54, 1.807) is 18.6 Å². The van der Waals surface area contributed by atoms with Gasteiger partial charge in [0, 0.05) is 79.5 Å². The molecule has 0 atom stereocenters. The van der Waals surface area contributed by atoms with Crippen LogP contribution in [0.5, 0.6) is 0 Å². The fraction of sp³-hybridized carbons (Fsp3) is 0.290. The van der Waals surface area contributed by atoms with Crippen LogP contribution >= 0.6 is 0 Å². The van der Waals surface area contributed by atoms with E-state index in [-0.39, 0.29) is 5.91 Å². The zero-order chi connectivity index (χ0) is 27.2. The number of piperazine rings is 1. The molecule has 2 aromatic heterocycles. The van der Waals surface area contributed by atoms with Crippen LogP contribution < -0.4 is 15.5 Å². The summed E-state index contributed by atoms with van der Waals surface area (Å²) < 4.78 is 0. The Hall–Kier alpha value is -4.30. The van der Waals surface area contributed by atoms with Gasteiger partial charge in [0.15, 0.2) is 0 Å². The number of nitrogens with one attached hydrogen (secondary N) is 2. The van der Waals surface area contributed by atoms with E-state index < -0.39 is 0 Å². The monoisotopic (exact) mass is 521 g/mol. The number of amides is 1. The average Bonchev–Trinajstić information content (AvgIpc) is 2.96. The minimum absolute atomic E-state index is 0.145. The lowest BCUT2D eigenvalue weighted by atomic mass is 10.1. The maximum Gasteiger partial charge on any atom is 0.255 e. The molecule has 3 heterocycles. The quantitative estimate of drug-likeness (QED) is 0.311. The van der Waals surface area contributed by atoms with E-state index in [1.807, 2.05) is 67.6 Å². The molecule has 1 saturated heterocycles. The lowest BCUT2D eigenvalue weighted by Crippen LogP contribution is -2.47. The predicted octanol–water partition coefficient (Wildman–Crippen LogP) is 5.62. The molecule has 1 fully saturated rings. The third-order valence-electron chi connectivity index (χ3n) is 6.85. The van der Waals surface area contributed by atoms with Gasteiger partial charge in [-0.05, 0) is 73.0 Å². The number of hydrogen-bond acceptors (Lipinski definition) is 7. The predicted molar refractivity (Wildman–Crippen MR) is 158 cm³/mol. The van der Waals surface area contributed by atoms with E-state index in [2.05, 4.69) is 49.2 Å². The van der Waals surface area contributed by atoms with Gasteiger partial charge in [0.1, 0.15) is 0 Å². The van der Waals surface area contributed by atoms with Crippen molar-refractivity contribution in [2.75, 3.05) is 48.3 Å². The van der Waals surface area contributed by atoms with Gasteiger partial charge in [-0.15, -0.1) is 0 Å². The molecule has 200 valence electrons. The molecule has 1 amide bonds. The summed E-state index contributed by atoms with van der Waals surface area (Å²) in [6, 6.07) is 19.3. The van der Waals surface area contributed by atoms with Crippen molar-refractivity contribution < 1.29 is 4.79 Å². The van der Waals surface area contributed by atoms with E-state index in [4.69, 9.17) is 0 Å². The van der Waals surface area contributed by atoms with Gasteiger partial charge in [-0.25, -0.2) is 9.97 Å². The number of carbonyl (C=O) groups is 1. The molecule has 5 rings (SSSR count). The van der Waals surface area contributed by atoms with Gasteiger partial charge in [-0.1, -0.05) is 19.9 Å². The minimum Gasteiger partial charge on any atom is -0.369 e. The van der Waals surface area contributed by atoms with Crippen molar-refractivity contribution in [2.45, 2.75) is 20.8 Å². The number of aromatic nitrogens is 3. The first-order valence-electron chi connectivity index (χ1n) is 13.4. The molecule has 1 aliphatic rings. The molecular weight excluding hydrogens is 486 g/mol. The van der Waals surface area contributed by atoms with Crippen LogP contribution in [0.1, 0.15) is 29.8 Å². The second kappa shape index (κ2) is 12.0. The van der Waals surface area contributed by atoms with Crippen LogP contribution in [0.4, 0.5) is 23.0 Å². The standard InChI is InChI=1S/C31H35N7O/c1-22(2)21-37-15-17-38(18-16-37)27-10-7-24(8-11-27)30(39)34-26-9-6-23(3)29(19-26)36-31-33-14-12-28(35-31)25-5-4-13-32-20-25/h4-14,19-20,22H,15-18,21H2,1-3H3,(H,34,39)(H,33,35,36). The van der Waals surface area contributed by atoms with Crippen molar-refractivity contribution in [1.82, 2.24) is 19.9 Å². The van der Waals surface area contributed by atoms with Crippen LogP contribution in [-0.2, 0) is 0 Å². The number of anilines is 4. The third kappa shape index (κ3) is 6.78. The average molecular weight is 522 g/mol. The summed E-state index contributed by atoms with van der Waals surface area (Å²) in [5, 5.41) is 6.31. The molecule has 8 nitrogen and oxygen atoms in total. The van der Waals surface area contributed by atoms with Crippen molar-refractivity contribution >= 4 is 28.9 Å². The Morgan fingerprint density at radius 2 is 1.77 bits per heavy atom. The number of aryl methyl sites for hydroxylation is 1. The van der Waals surface area contributed by atoms with Crippen LogP contribution in [0.2, 0.25) is 0 Å². The number of hydrogen-bond donors (Lipinski definition) is 2. The first kappa shape index (κ1) is 26.3. The van der Waals surface area contributed by atoms with Crippen molar-refractivity contribution in [3.05, 3.63) is 90.4 Å². The van der Waals surface area contributed by atoms with Gasteiger partial charge in [0.05, 0.1) is 5.69 Å². The molecular formula is C31H35N7O. The highest BCUT2D eigenvalue weighted by Crippen LogP contribution is 2.25. The molecule has 0 bridgehead atoms. The molecule has 4 aromatic rings. The molecule has 0 aliphatic carbocycles. The number of carbonyl (C=O) groups excluding carboxylic acids is 1. The Balaban J connectivity index is 1.22. The zero-order valence-electron chi connectivity index (χ0n) is 22.8. The van der Waals surface area contributed by atoms with Crippen molar-refractivity contribution in [2.24, 2.45) is 5.92 Å². The zero-order valence-corrected chi connectivity index (χ0v) is 22.8. The Morgan fingerprint density at radius 1 is 0.974 bits per heavy atom. The first-order valence-corrected chi connectivity index (χ1v) is 13.4. The smallest absolute Gasteiger partial charge is 0.255 e. The highest BCUT2D eigenvalue weighted by atomic mass is 16.1. The normalized spacial score (nSPS) is 13.9. The van der Waals surface area contributed by atoms with Gasteiger partial charge in [-0.2, -0.15) is 0 Å². The molecule has 1 aliphatic heterocycles. The molecule has 39 heavy (non-hydrogen) atoms. The lowest BCUT2D eigenvalue weighted by molar-refractivity contribution is 0.102. The summed E-state index contributed by atoms with van der Waals surface area (Å²) in [6.45, 7) is 11.8. The van der Waals surface area contributed by atoms with E-state index in [9.17, 15) is 4.79 Å². The number of rotatable bonds is 8. The highest BCUT2D eigenvalue weighted by molar-refractivity contribution is 6.04. The van der Waals surface area contributed by atoms with Crippen molar-refractivity contribution in [3.8, 4) is 11.3 Å². The van der Waals surface area contributed by atoms with Gasteiger partial charge in [-0.3, -0.25) is 14.7 Å². The molecule has 2 aromatic carbocycles. The molecule has 0 radical (unpaired) electrons. The Bertz CT molecular complexity index is 1400. The second-order valence-corrected chi connectivity index (χ2v) is 10.3. The van der Waals surface area contributed by atoms with Crippen LogP contribution in [0, 0.1) is 12.8 Å². The summed E-state index contributed by atoms with van der Waals surface area (Å²) in [5.74, 6) is 1.02. The van der Waals surface area contributed by atoms with Crippen molar-refractivity contribution in [3.63, 3.8) is 0 Å². The Morgan fingerprint density at radius 3 is 2.49 bits per heavy atom. The van der Waals surface area contributed by atoms with Crippen LogP contribution in [-0.4, -0.2) is 58.5 Å². The van der Waals surface area contributed by atoms with Gasteiger partial charge in [0.2, 0.25) is 5.95 Å². The minimum atomic E-state index is -0.145. The van der Waals surface area contributed by atoms with Crippen LogP contribution in [0.25, 0.3) is 11.3 Å². The summed E-state index contributed by atoms with van der Waals surface area (Å²) in [7, 11) is 0. The fourth-order valence-electron chi connectivity index (χ4n) is 4.78. The van der Waals surface area contributed by atoms with Crippen LogP contribution in [0.15, 0.2) is 79.3 Å². The van der Waals surface area contributed by atoms with Gasteiger partial charge < -0.3 is 15.5 Å². The lowest BCUT2D eigenvalue weighted by Gasteiger charge is -2.36. The highest BCUT2D eigenvalue weighted by Gasteiger charge is 2.18. The van der Waals surface area contributed by atoms with E-state index in [0.717, 1.165) is 60.9 Å². The molecule has 2 N–H and O–H groups in total. The largest absolute Gasteiger partial charge is 0.369 e. The first-order chi connectivity index (χ1) is 18.9. The number of nitrogens with zero attached hydrogens (tertiary/aromatic N) is 5. The van der Waals surface area contributed by atoms with E-state index >= 15 is 0 Å². The molecule has 0 saturated carbocycles. The Labute approximate surface area is 230 Å². The van der Waals surface area contributed by atoms with Gasteiger partial charge >= 0.3 is 0 Å². The summed E-state index contributed by atoms with van der Waals surface area (Å²) in [4.78, 5) is 31.1. The summed E-state index contributed by atoms with van der Waals surface area (Å²) in [5.41, 5.74) is 6.01. The van der Waals surface area contributed by atoms with Crippen molar-refractivity contribution in [1.29, 1.82) is 0 Å². The maximum atomic E-state index is 13.0. The number of pyridine rings is 1. The van der Waals surface area contributed by atoms with Gasteiger partial charge in [0.25, 0.3) is 5.91 Å². The topological polar surface area (TPSA) is 86.3 Å². The second-order valence-electron chi connectivity index (χ2n) is 10.3. The van der Waals surface area contributed by atoms with Crippen LogP contribution in [0.3, 0.4) is 0 Å².